The Labute approximate surface area is 200 Å². The van der Waals surface area contributed by atoms with Crippen LogP contribution in [0.3, 0.4) is 0 Å². The minimum atomic E-state index is -3.53. The highest BCUT2D eigenvalue weighted by Crippen LogP contribution is 2.23. The van der Waals surface area contributed by atoms with Crippen LogP contribution in [0.2, 0.25) is 0 Å². The summed E-state index contributed by atoms with van der Waals surface area (Å²) in [4.78, 5) is 17.1. The van der Waals surface area contributed by atoms with Crippen LogP contribution in [0.5, 0.6) is 5.75 Å². The summed E-state index contributed by atoms with van der Waals surface area (Å²) < 4.78 is 45.9. The molecule has 0 spiro atoms. The third-order valence-corrected chi connectivity index (χ3v) is 8.17. The molecule has 0 aromatic heterocycles. The van der Waals surface area contributed by atoms with Gasteiger partial charge in [0.25, 0.3) is 0 Å². The average Bonchev–Trinajstić information content (AvgIpc) is 3.37. The third kappa shape index (κ3) is 5.93. The zero-order valence-electron chi connectivity index (χ0n) is 19.4. The summed E-state index contributed by atoms with van der Waals surface area (Å²) >= 11 is 0. The lowest BCUT2D eigenvalue weighted by Gasteiger charge is -2.34. The van der Waals surface area contributed by atoms with Crippen molar-refractivity contribution < 1.29 is 22.3 Å². The number of carbonyl (C=O) groups excluding carboxylic acids is 1. The number of nitrogens with one attached hydrogen (secondary N) is 1. The van der Waals surface area contributed by atoms with E-state index in [1.807, 2.05) is 6.07 Å². The van der Waals surface area contributed by atoms with Crippen LogP contribution in [0.1, 0.15) is 18.4 Å². The highest BCUT2D eigenvalue weighted by atomic mass is 32.2. The van der Waals surface area contributed by atoms with Crippen molar-refractivity contribution in [2.24, 2.45) is 0 Å². The lowest BCUT2D eigenvalue weighted by atomic mass is 10.2. The van der Waals surface area contributed by atoms with Gasteiger partial charge in [-0.3, -0.25) is 14.6 Å². The molecule has 10 heteroatoms. The summed E-state index contributed by atoms with van der Waals surface area (Å²) in [6.45, 7) is 4.92. The fourth-order valence-electron chi connectivity index (χ4n) is 4.39. The molecule has 0 bridgehead atoms. The predicted octanol–water partition coefficient (Wildman–Crippen LogP) is 2.38. The zero-order valence-corrected chi connectivity index (χ0v) is 20.2. The van der Waals surface area contributed by atoms with Gasteiger partial charge in [-0.25, -0.2) is 12.8 Å². The van der Waals surface area contributed by atoms with Gasteiger partial charge in [0.05, 0.1) is 18.6 Å². The number of sulfonamides is 1. The molecule has 184 valence electrons. The molecule has 2 aromatic carbocycles. The molecule has 8 nitrogen and oxygen atoms in total. The Hall–Kier alpha value is -2.53. The van der Waals surface area contributed by atoms with Crippen molar-refractivity contribution in [2.45, 2.75) is 24.3 Å². The van der Waals surface area contributed by atoms with Crippen molar-refractivity contribution >= 4 is 21.6 Å². The Morgan fingerprint density at radius 1 is 1.00 bits per heavy atom. The molecular formula is C24H31FN4O4S. The summed E-state index contributed by atoms with van der Waals surface area (Å²) in [5, 5.41) is 2.83. The maximum absolute atomic E-state index is 13.9. The number of methoxy groups -OCH3 is 1. The lowest BCUT2D eigenvalue weighted by Crippen LogP contribution is -2.48. The normalized spacial score (nSPS) is 18.2. The molecule has 4 rings (SSSR count). The number of hydrogen-bond acceptors (Lipinski definition) is 6. The number of benzene rings is 2. The van der Waals surface area contributed by atoms with Gasteiger partial charge in [0.1, 0.15) is 0 Å². The Morgan fingerprint density at radius 2 is 1.71 bits per heavy atom. The number of piperazine rings is 1. The molecule has 2 saturated heterocycles. The second-order valence-corrected chi connectivity index (χ2v) is 10.6. The van der Waals surface area contributed by atoms with Crippen LogP contribution < -0.4 is 10.1 Å². The van der Waals surface area contributed by atoms with Gasteiger partial charge in [0.15, 0.2) is 11.6 Å². The number of carbonyl (C=O) groups is 1. The third-order valence-electron chi connectivity index (χ3n) is 6.28. The SMILES string of the molecule is COc1ccc(CN2CCN(CC(=O)Nc3cccc(S(=O)(=O)N4CCCC4)c3)CC2)cc1F. The van der Waals surface area contributed by atoms with Crippen LogP contribution in [0, 0.1) is 5.82 Å². The number of anilines is 1. The van der Waals surface area contributed by atoms with Crippen LogP contribution >= 0.6 is 0 Å². The van der Waals surface area contributed by atoms with Gasteiger partial charge in [-0.05, 0) is 48.7 Å². The van der Waals surface area contributed by atoms with Crippen LogP contribution in [0.25, 0.3) is 0 Å². The zero-order chi connectivity index (χ0) is 24.1. The quantitative estimate of drug-likeness (QED) is 0.612. The first-order valence-electron chi connectivity index (χ1n) is 11.5. The van der Waals surface area contributed by atoms with Gasteiger partial charge >= 0.3 is 0 Å². The Kier molecular flexibility index (Phi) is 7.82. The molecule has 2 aliphatic rings. The largest absolute Gasteiger partial charge is 0.494 e. The van der Waals surface area contributed by atoms with E-state index in [0.717, 1.165) is 44.6 Å². The fraction of sp³-hybridized carbons (Fsp3) is 0.458. The average molecular weight is 491 g/mol. The van der Waals surface area contributed by atoms with Crippen molar-refractivity contribution in [3.05, 3.63) is 53.8 Å². The first-order valence-corrected chi connectivity index (χ1v) is 13.0. The Morgan fingerprint density at radius 3 is 2.38 bits per heavy atom. The van der Waals surface area contributed by atoms with Crippen molar-refractivity contribution in [1.82, 2.24) is 14.1 Å². The molecule has 0 radical (unpaired) electrons. The molecule has 2 heterocycles. The lowest BCUT2D eigenvalue weighted by molar-refractivity contribution is -0.117. The van der Waals surface area contributed by atoms with Gasteiger partial charge in [0, 0.05) is 51.5 Å². The number of rotatable bonds is 8. The van der Waals surface area contributed by atoms with E-state index in [0.29, 0.717) is 25.3 Å². The summed E-state index contributed by atoms with van der Waals surface area (Å²) in [6, 6.07) is 11.4. The van der Waals surface area contributed by atoms with E-state index in [1.54, 1.807) is 24.3 Å². The Balaban J connectivity index is 1.26. The van der Waals surface area contributed by atoms with Crippen molar-refractivity contribution in [1.29, 1.82) is 0 Å². The smallest absolute Gasteiger partial charge is 0.243 e. The van der Waals surface area contributed by atoms with E-state index >= 15 is 0 Å². The molecule has 2 aromatic rings. The molecule has 2 aliphatic heterocycles. The van der Waals surface area contributed by atoms with Gasteiger partial charge in [-0.2, -0.15) is 4.31 Å². The molecular weight excluding hydrogens is 459 g/mol. The van der Waals surface area contributed by atoms with Crippen LogP contribution in [-0.2, 0) is 21.4 Å². The molecule has 0 unspecified atom stereocenters. The van der Waals surface area contributed by atoms with Gasteiger partial charge in [-0.1, -0.05) is 12.1 Å². The highest BCUT2D eigenvalue weighted by molar-refractivity contribution is 7.89. The summed E-state index contributed by atoms with van der Waals surface area (Å²) in [5.74, 6) is -0.312. The van der Waals surface area contributed by atoms with E-state index in [4.69, 9.17) is 4.74 Å². The van der Waals surface area contributed by atoms with Crippen molar-refractivity contribution in [2.75, 3.05) is 58.2 Å². The summed E-state index contributed by atoms with van der Waals surface area (Å²) in [5.41, 5.74) is 1.36. The van der Waals surface area contributed by atoms with E-state index < -0.39 is 10.0 Å². The Bertz CT molecular complexity index is 1110. The van der Waals surface area contributed by atoms with Crippen molar-refractivity contribution in [3.8, 4) is 5.75 Å². The van der Waals surface area contributed by atoms with E-state index in [2.05, 4.69) is 15.1 Å². The number of hydrogen-bond donors (Lipinski definition) is 1. The predicted molar refractivity (Wildman–Crippen MR) is 128 cm³/mol. The maximum Gasteiger partial charge on any atom is 0.243 e. The molecule has 0 atom stereocenters. The highest BCUT2D eigenvalue weighted by Gasteiger charge is 2.27. The fourth-order valence-corrected chi connectivity index (χ4v) is 5.95. The summed E-state index contributed by atoms with van der Waals surface area (Å²) in [6.07, 6.45) is 1.75. The molecule has 0 aliphatic carbocycles. The monoisotopic (exact) mass is 490 g/mol. The van der Waals surface area contributed by atoms with E-state index in [9.17, 15) is 17.6 Å². The number of nitrogens with zero attached hydrogens (tertiary/aromatic N) is 3. The molecule has 2 fully saturated rings. The molecule has 1 amide bonds. The second kappa shape index (κ2) is 10.8. The number of ether oxygens (including phenoxy) is 1. The van der Waals surface area contributed by atoms with Crippen LogP contribution in [-0.4, -0.2) is 81.4 Å². The van der Waals surface area contributed by atoms with Crippen LogP contribution in [0.4, 0.5) is 10.1 Å². The molecule has 0 saturated carbocycles. The minimum absolute atomic E-state index is 0.179. The number of amides is 1. The van der Waals surface area contributed by atoms with E-state index in [-0.39, 0.29) is 28.9 Å². The first-order chi connectivity index (χ1) is 16.3. The van der Waals surface area contributed by atoms with E-state index in [1.165, 1.54) is 23.5 Å². The van der Waals surface area contributed by atoms with Gasteiger partial charge in [-0.15, -0.1) is 0 Å². The van der Waals surface area contributed by atoms with Gasteiger partial charge < -0.3 is 10.1 Å². The van der Waals surface area contributed by atoms with Gasteiger partial charge in [0.2, 0.25) is 15.9 Å². The number of halogens is 1. The first kappa shape index (κ1) is 24.6. The summed E-state index contributed by atoms with van der Waals surface area (Å²) in [7, 11) is -2.08. The van der Waals surface area contributed by atoms with Crippen molar-refractivity contribution in [3.63, 3.8) is 0 Å². The molecule has 34 heavy (non-hydrogen) atoms. The van der Waals surface area contributed by atoms with Crippen LogP contribution in [0.15, 0.2) is 47.4 Å². The topological polar surface area (TPSA) is 82.2 Å². The minimum Gasteiger partial charge on any atom is -0.494 e. The second-order valence-electron chi connectivity index (χ2n) is 8.71. The molecule has 1 N–H and O–H groups in total. The maximum atomic E-state index is 13.9. The standard InChI is InChI=1S/C24H31FN4O4S/c1-33-23-8-7-19(15-22(23)25)17-27-11-13-28(14-12-27)18-24(30)26-20-5-4-6-21(16-20)34(31,32)29-9-2-3-10-29/h4-8,15-16H,2-3,9-14,17-18H2,1H3,(H,26,30).